The third kappa shape index (κ3) is 3.55. The topological polar surface area (TPSA) is 74.0 Å². The molecule has 0 spiro atoms. The van der Waals surface area contributed by atoms with Crippen molar-refractivity contribution in [3.8, 4) is 10.4 Å². The van der Waals surface area contributed by atoms with Gasteiger partial charge in [-0.3, -0.25) is 10.8 Å². The molecule has 1 aromatic carbocycles. The molecule has 0 bridgehead atoms. The van der Waals surface area contributed by atoms with E-state index in [1.807, 2.05) is 12.1 Å². The normalized spacial score (nSPS) is 10.3. The van der Waals surface area contributed by atoms with Crippen molar-refractivity contribution in [1.82, 2.24) is 0 Å². The van der Waals surface area contributed by atoms with E-state index in [0.29, 0.717) is 15.5 Å². The summed E-state index contributed by atoms with van der Waals surface area (Å²) in [6.07, 6.45) is 0. The fourth-order valence-corrected chi connectivity index (χ4v) is 3.23. The first-order valence-electron chi connectivity index (χ1n) is 6.34. The van der Waals surface area contributed by atoms with Crippen LogP contribution in [0.25, 0.3) is 10.4 Å². The zero-order chi connectivity index (χ0) is 16.3. The quantitative estimate of drug-likeness (QED) is 0.609. The second-order valence-corrected chi connectivity index (χ2v) is 6.14. The van der Waals surface area contributed by atoms with Crippen molar-refractivity contribution in [1.29, 1.82) is 10.8 Å². The van der Waals surface area contributed by atoms with Crippen LogP contribution in [0, 0.1) is 10.8 Å². The molecule has 4 nitrogen and oxygen atoms in total. The Morgan fingerprint density at radius 3 is 2.45 bits per heavy atom. The zero-order valence-electron chi connectivity index (χ0n) is 11.6. The minimum Gasteiger partial charge on any atom is -0.461 e. The molecule has 114 valence electrons. The lowest BCUT2D eigenvalue weighted by molar-refractivity contribution is -0.135. The van der Waals surface area contributed by atoms with Crippen LogP contribution in [-0.2, 0) is 9.53 Å². The molecule has 2 N–H and O–H groups in total. The molecule has 1 heterocycles. The van der Waals surface area contributed by atoms with Crippen LogP contribution in [0.3, 0.4) is 0 Å². The molecule has 0 saturated carbocycles. The van der Waals surface area contributed by atoms with Crippen LogP contribution in [0.15, 0.2) is 30.3 Å². The highest BCUT2D eigenvalue weighted by molar-refractivity contribution is 7.18. The van der Waals surface area contributed by atoms with Crippen molar-refractivity contribution in [2.45, 2.75) is 6.92 Å². The van der Waals surface area contributed by atoms with Crippen LogP contribution in [0.2, 0.25) is 5.02 Å². The number of hydrogen-bond acceptors (Lipinski definition) is 5. The van der Waals surface area contributed by atoms with Gasteiger partial charge >= 0.3 is 5.97 Å². The van der Waals surface area contributed by atoms with Gasteiger partial charge in [0.05, 0.1) is 11.5 Å². The standard InChI is InChI=1S/C15H12Cl2N2O2S/c1-2-21-15(20)12(18)13-10(14(17)19)7-11(22-13)8-3-5-9(16)6-4-8/h3-7,18-19H,2H2,1H3. The third-order valence-corrected chi connectivity index (χ3v) is 4.46. The molecule has 0 atom stereocenters. The van der Waals surface area contributed by atoms with E-state index in [9.17, 15) is 4.79 Å². The number of benzene rings is 1. The largest absolute Gasteiger partial charge is 0.461 e. The summed E-state index contributed by atoms with van der Waals surface area (Å²) < 4.78 is 4.84. The average Bonchev–Trinajstić information content (AvgIpc) is 2.92. The molecule has 1 aromatic heterocycles. The number of esters is 1. The molecule has 2 aromatic rings. The molecule has 0 amide bonds. The van der Waals surface area contributed by atoms with Crippen LogP contribution in [0.4, 0.5) is 0 Å². The molecule has 0 aliphatic carbocycles. The lowest BCUT2D eigenvalue weighted by atomic mass is 10.1. The fourth-order valence-electron chi connectivity index (χ4n) is 1.79. The molecule has 2 rings (SSSR count). The maximum atomic E-state index is 11.7. The maximum absolute atomic E-state index is 11.7. The Balaban J connectivity index is 2.46. The van der Waals surface area contributed by atoms with E-state index in [1.54, 1.807) is 25.1 Å². The summed E-state index contributed by atoms with van der Waals surface area (Å²) in [6.45, 7) is 1.85. The molecule has 0 aliphatic heterocycles. The van der Waals surface area contributed by atoms with Crippen molar-refractivity contribution >= 4 is 51.4 Å². The number of nitrogens with one attached hydrogen (secondary N) is 2. The molecule has 0 aliphatic rings. The first-order chi connectivity index (χ1) is 10.4. The summed E-state index contributed by atoms with van der Waals surface area (Å²) in [6, 6.07) is 8.84. The number of thiophene rings is 1. The zero-order valence-corrected chi connectivity index (χ0v) is 13.9. The van der Waals surface area contributed by atoms with Crippen molar-refractivity contribution in [2.75, 3.05) is 6.61 Å². The van der Waals surface area contributed by atoms with Gasteiger partial charge < -0.3 is 4.74 Å². The predicted octanol–water partition coefficient (Wildman–Crippen LogP) is 4.56. The van der Waals surface area contributed by atoms with Crippen LogP contribution >= 0.6 is 34.5 Å². The van der Waals surface area contributed by atoms with Crippen molar-refractivity contribution in [3.63, 3.8) is 0 Å². The van der Waals surface area contributed by atoms with Gasteiger partial charge in [-0.15, -0.1) is 11.3 Å². The number of halogens is 2. The first-order valence-corrected chi connectivity index (χ1v) is 7.91. The summed E-state index contributed by atoms with van der Waals surface area (Å²) >= 11 is 12.9. The molecule has 0 radical (unpaired) electrons. The molecular formula is C15H12Cl2N2O2S. The minimum absolute atomic E-state index is 0.185. The van der Waals surface area contributed by atoms with Gasteiger partial charge in [0, 0.05) is 15.5 Å². The van der Waals surface area contributed by atoms with Gasteiger partial charge in [0.2, 0.25) is 0 Å². The molecule has 0 unspecified atom stereocenters. The second kappa shape index (κ2) is 7.05. The molecule has 0 fully saturated rings. The van der Waals surface area contributed by atoms with E-state index >= 15 is 0 Å². The Morgan fingerprint density at radius 2 is 1.91 bits per heavy atom. The third-order valence-electron chi connectivity index (χ3n) is 2.80. The lowest BCUT2D eigenvalue weighted by Gasteiger charge is -2.03. The van der Waals surface area contributed by atoms with Gasteiger partial charge in [-0.1, -0.05) is 35.3 Å². The SMILES string of the molecule is CCOC(=O)C(=N)c1sc(-c2ccc(Cl)cc2)cc1C(=N)Cl. The summed E-state index contributed by atoms with van der Waals surface area (Å²) in [5, 5.41) is 16.0. The lowest BCUT2D eigenvalue weighted by Crippen LogP contribution is -2.18. The summed E-state index contributed by atoms with van der Waals surface area (Å²) in [5.41, 5.74) is 0.915. The molecule has 0 saturated heterocycles. The number of hydrogen-bond donors (Lipinski definition) is 2. The summed E-state index contributed by atoms with van der Waals surface area (Å²) in [7, 11) is 0. The van der Waals surface area contributed by atoms with E-state index in [2.05, 4.69) is 0 Å². The van der Waals surface area contributed by atoms with Crippen LogP contribution in [-0.4, -0.2) is 23.5 Å². The van der Waals surface area contributed by atoms with Gasteiger partial charge in [-0.2, -0.15) is 0 Å². The molecule has 22 heavy (non-hydrogen) atoms. The Bertz CT molecular complexity index is 739. The summed E-state index contributed by atoms with van der Waals surface area (Å²) in [5.74, 6) is -0.730. The average molecular weight is 355 g/mol. The number of ether oxygens (including phenoxy) is 1. The Kier molecular flexibility index (Phi) is 5.34. The monoisotopic (exact) mass is 354 g/mol. The van der Waals surface area contributed by atoms with E-state index < -0.39 is 5.97 Å². The fraction of sp³-hybridized carbons (Fsp3) is 0.133. The minimum atomic E-state index is -0.730. The van der Waals surface area contributed by atoms with Gasteiger partial charge in [-0.25, -0.2) is 4.79 Å². The first kappa shape index (κ1) is 16.7. The van der Waals surface area contributed by atoms with Crippen molar-refractivity contribution in [2.24, 2.45) is 0 Å². The molecule has 7 heteroatoms. The van der Waals surface area contributed by atoms with Crippen LogP contribution < -0.4 is 0 Å². The number of carbonyl (C=O) groups is 1. The van der Waals surface area contributed by atoms with E-state index in [0.717, 1.165) is 10.4 Å². The smallest absolute Gasteiger partial charge is 0.357 e. The van der Waals surface area contributed by atoms with Crippen molar-refractivity contribution < 1.29 is 9.53 Å². The maximum Gasteiger partial charge on any atom is 0.357 e. The number of carbonyl (C=O) groups excluding carboxylic acids is 1. The van der Waals surface area contributed by atoms with Gasteiger partial charge in [0.25, 0.3) is 0 Å². The summed E-state index contributed by atoms with van der Waals surface area (Å²) in [4.78, 5) is 12.9. The molecular weight excluding hydrogens is 343 g/mol. The van der Waals surface area contributed by atoms with Gasteiger partial charge in [0.1, 0.15) is 5.17 Å². The van der Waals surface area contributed by atoms with Crippen LogP contribution in [0.5, 0.6) is 0 Å². The van der Waals surface area contributed by atoms with Crippen molar-refractivity contribution in [3.05, 3.63) is 45.8 Å². The van der Waals surface area contributed by atoms with E-state index in [-0.39, 0.29) is 17.5 Å². The Hall–Kier alpha value is -1.69. The Labute approximate surface area is 141 Å². The Morgan fingerprint density at radius 1 is 1.27 bits per heavy atom. The highest BCUT2D eigenvalue weighted by Crippen LogP contribution is 2.33. The van der Waals surface area contributed by atoms with E-state index in [1.165, 1.54) is 11.3 Å². The highest BCUT2D eigenvalue weighted by atomic mass is 35.5. The highest BCUT2D eigenvalue weighted by Gasteiger charge is 2.22. The second-order valence-electron chi connectivity index (χ2n) is 4.27. The van der Waals surface area contributed by atoms with Crippen LogP contribution in [0.1, 0.15) is 17.4 Å². The number of rotatable bonds is 5. The van der Waals surface area contributed by atoms with Gasteiger partial charge in [-0.05, 0) is 30.7 Å². The predicted molar refractivity (Wildman–Crippen MR) is 90.9 cm³/mol. The van der Waals surface area contributed by atoms with E-state index in [4.69, 9.17) is 38.8 Å². The van der Waals surface area contributed by atoms with Gasteiger partial charge in [0.15, 0.2) is 5.71 Å².